The zero-order valence-electron chi connectivity index (χ0n) is 12.7. The van der Waals surface area contributed by atoms with Gasteiger partial charge in [-0.15, -0.1) is 10.2 Å². The highest BCUT2D eigenvalue weighted by molar-refractivity contribution is 7.15. The monoisotopic (exact) mass is 321 g/mol. The zero-order valence-corrected chi connectivity index (χ0v) is 13.5. The number of carboxylic acids is 1. The summed E-state index contributed by atoms with van der Waals surface area (Å²) in [4.78, 5) is 12.8. The Morgan fingerprint density at radius 3 is 2.82 bits per heavy atom. The molecule has 7 heteroatoms. The quantitative estimate of drug-likeness (QED) is 0.805. The van der Waals surface area contributed by atoms with Crippen molar-refractivity contribution in [3.63, 3.8) is 0 Å². The van der Waals surface area contributed by atoms with Crippen LogP contribution in [0.1, 0.15) is 22.6 Å². The van der Waals surface area contributed by atoms with Gasteiger partial charge in [-0.3, -0.25) is 4.79 Å². The molecule has 0 aliphatic rings. The van der Waals surface area contributed by atoms with Crippen LogP contribution in [-0.2, 0) is 22.7 Å². The Hall–Kier alpha value is -1.99. The van der Waals surface area contributed by atoms with Crippen LogP contribution >= 0.6 is 11.3 Å². The summed E-state index contributed by atoms with van der Waals surface area (Å²) in [6.45, 7) is 3.46. The van der Waals surface area contributed by atoms with Crippen LogP contribution in [0.5, 0.6) is 0 Å². The van der Waals surface area contributed by atoms with Crippen LogP contribution in [-0.4, -0.2) is 34.9 Å². The number of aromatic nitrogens is 2. The number of aryl methyl sites for hydroxylation is 1. The van der Waals surface area contributed by atoms with Crippen molar-refractivity contribution < 1.29 is 14.6 Å². The lowest BCUT2D eigenvalue weighted by Gasteiger charge is -2.21. The molecule has 0 aliphatic carbocycles. The summed E-state index contributed by atoms with van der Waals surface area (Å²) in [6, 6.07) is 8.05. The summed E-state index contributed by atoms with van der Waals surface area (Å²) in [5.41, 5.74) is 2.32. The van der Waals surface area contributed by atoms with Crippen LogP contribution in [0.2, 0.25) is 0 Å². The molecular formula is C15H19N3O3S. The second-order valence-electron chi connectivity index (χ2n) is 4.90. The molecule has 118 valence electrons. The highest BCUT2D eigenvalue weighted by atomic mass is 32.1. The zero-order chi connectivity index (χ0) is 15.9. The number of anilines is 1. The molecule has 6 nitrogen and oxygen atoms in total. The Morgan fingerprint density at radius 2 is 2.14 bits per heavy atom. The Balaban J connectivity index is 2.17. The summed E-state index contributed by atoms with van der Waals surface area (Å²) in [5, 5.41) is 18.7. The van der Waals surface area contributed by atoms with E-state index in [0.717, 1.165) is 15.7 Å². The molecule has 0 saturated carbocycles. The first kappa shape index (κ1) is 16.4. The van der Waals surface area contributed by atoms with Crippen molar-refractivity contribution in [3.8, 4) is 0 Å². The Bertz CT molecular complexity index is 630. The van der Waals surface area contributed by atoms with E-state index in [1.165, 1.54) is 16.9 Å². The second kappa shape index (κ2) is 7.86. The second-order valence-corrected chi connectivity index (χ2v) is 5.94. The van der Waals surface area contributed by atoms with Gasteiger partial charge in [0.05, 0.1) is 6.42 Å². The highest BCUT2D eigenvalue weighted by Crippen LogP contribution is 2.23. The van der Waals surface area contributed by atoms with E-state index in [1.54, 1.807) is 7.11 Å². The van der Waals surface area contributed by atoms with Crippen molar-refractivity contribution in [1.82, 2.24) is 10.2 Å². The summed E-state index contributed by atoms with van der Waals surface area (Å²) in [6.07, 6.45) is 0.0606. The maximum absolute atomic E-state index is 10.9. The summed E-state index contributed by atoms with van der Waals surface area (Å²) in [7, 11) is 1.61. The van der Waals surface area contributed by atoms with E-state index in [9.17, 15) is 4.79 Å². The molecule has 0 aliphatic heterocycles. The van der Waals surface area contributed by atoms with E-state index in [1.807, 2.05) is 36.1 Å². The number of hydrogen-bond acceptors (Lipinski definition) is 6. The fourth-order valence-corrected chi connectivity index (χ4v) is 2.86. The van der Waals surface area contributed by atoms with Crippen molar-refractivity contribution in [1.29, 1.82) is 0 Å². The van der Waals surface area contributed by atoms with Crippen LogP contribution in [0, 0.1) is 6.92 Å². The Morgan fingerprint density at radius 1 is 1.36 bits per heavy atom. The third-order valence-corrected chi connectivity index (χ3v) is 4.17. The first-order valence-electron chi connectivity index (χ1n) is 6.92. The predicted molar refractivity (Wildman–Crippen MR) is 85.1 cm³/mol. The molecule has 2 aromatic rings. The van der Waals surface area contributed by atoms with Gasteiger partial charge in [-0.1, -0.05) is 35.6 Å². The third kappa shape index (κ3) is 4.51. The minimum absolute atomic E-state index is 0.0606. The van der Waals surface area contributed by atoms with Crippen LogP contribution < -0.4 is 4.90 Å². The molecule has 0 saturated heterocycles. The van der Waals surface area contributed by atoms with E-state index in [2.05, 4.69) is 10.2 Å². The molecule has 2 rings (SSSR count). The number of carbonyl (C=O) groups is 1. The topological polar surface area (TPSA) is 75.6 Å². The largest absolute Gasteiger partial charge is 0.481 e. The molecule has 1 heterocycles. The molecule has 0 fully saturated rings. The molecule has 1 N–H and O–H groups in total. The number of nitrogens with zero attached hydrogens (tertiary/aromatic N) is 3. The minimum atomic E-state index is -0.823. The van der Waals surface area contributed by atoms with Crippen molar-refractivity contribution in [2.75, 3.05) is 18.6 Å². The van der Waals surface area contributed by atoms with E-state index >= 15 is 0 Å². The summed E-state index contributed by atoms with van der Waals surface area (Å²) in [5.74, 6) is -0.823. The van der Waals surface area contributed by atoms with Crippen LogP contribution in [0.15, 0.2) is 24.3 Å². The van der Waals surface area contributed by atoms with Gasteiger partial charge in [-0.05, 0) is 18.1 Å². The normalized spacial score (nSPS) is 10.6. The fraction of sp³-hybridized carbons (Fsp3) is 0.400. The molecule has 0 atom stereocenters. The fourth-order valence-electron chi connectivity index (χ4n) is 2.02. The van der Waals surface area contributed by atoms with Crippen molar-refractivity contribution in [2.45, 2.75) is 26.5 Å². The number of methoxy groups -OCH3 is 1. The third-order valence-electron chi connectivity index (χ3n) is 3.21. The molecule has 1 aromatic carbocycles. The van der Waals surface area contributed by atoms with Gasteiger partial charge in [-0.25, -0.2) is 0 Å². The van der Waals surface area contributed by atoms with Gasteiger partial charge in [-0.2, -0.15) is 0 Å². The van der Waals surface area contributed by atoms with Crippen LogP contribution in [0.4, 0.5) is 5.13 Å². The van der Waals surface area contributed by atoms with Gasteiger partial charge in [0.15, 0.2) is 0 Å². The lowest BCUT2D eigenvalue weighted by atomic mass is 10.1. The summed E-state index contributed by atoms with van der Waals surface area (Å²) >= 11 is 1.43. The van der Waals surface area contributed by atoms with Crippen molar-refractivity contribution in [2.24, 2.45) is 0 Å². The number of benzene rings is 1. The van der Waals surface area contributed by atoms with Crippen molar-refractivity contribution in [3.05, 3.63) is 40.4 Å². The molecular weight excluding hydrogens is 302 g/mol. The Labute approximate surface area is 133 Å². The van der Waals surface area contributed by atoms with E-state index in [4.69, 9.17) is 9.84 Å². The number of aliphatic carboxylic acids is 1. The molecule has 0 spiro atoms. The average molecular weight is 321 g/mol. The van der Waals surface area contributed by atoms with E-state index in [0.29, 0.717) is 19.7 Å². The SMILES string of the molecule is COCc1nnc(N(CCC(=O)O)Cc2ccccc2C)s1. The van der Waals surface area contributed by atoms with Crippen molar-refractivity contribution >= 4 is 22.4 Å². The molecule has 0 unspecified atom stereocenters. The summed E-state index contributed by atoms with van der Waals surface area (Å²) < 4.78 is 5.05. The van der Waals surface area contributed by atoms with Gasteiger partial charge in [0.1, 0.15) is 11.6 Å². The van der Waals surface area contributed by atoms with Crippen LogP contribution in [0.25, 0.3) is 0 Å². The van der Waals surface area contributed by atoms with E-state index in [-0.39, 0.29) is 6.42 Å². The maximum atomic E-state index is 10.9. The van der Waals surface area contributed by atoms with Gasteiger partial charge in [0.2, 0.25) is 5.13 Å². The average Bonchev–Trinajstić information content (AvgIpc) is 2.94. The maximum Gasteiger partial charge on any atom is 0.305 e. The molecule has 0 bridgehead atoms. The van der Waals surface area contributed by atoms with Gasteiger partial charge >= 0.3 is 5.97 Å². The lowest BCUT2D eigenvalue weighted by molar-refractivity contribution is -0.136. The first-order chi connectivity index (χ1) is 10.6. The van der Waals surface area contributed by atoms with Crippen LogP contribution in [0.3, 0.4) is 0 Å². The minimum Gasteiger partial charge on any atom is -0.481 e. The highest BCUT2D eigenvalue weighted by Gasteiger charge is 2.15. The smallest absolute Gasteiger partial charge is 0.305 e. The number of rotatable bonds is 8. The number of hydrogen-bond donors (Lipinski definition) is 1. The standard InChI is InChI=1S/C15H19N3O3S/c1-11-5-3-4-6-12(11)9-18(8-7-14(19)20)15-17-16-13(22-15)10-21-2/h3-6H,7-10H2,1-2H3,(H,19,20). The van der Waals surface area contributed by atoms with Gasteiger partial charge < -0.3 is 14.7 Å². The molecule has 22 heavy (non-hydrogen) atoms. The first-order valence-corrected chi connectivity index (χ1v) is 7.74. The molecule has 0 radical (unpaired) electrons. The number of carboxylic acid groups (broad SMARTS) is 1. The Kier molecular flexibility index (Phi) is 5.85. The number of ether oxygens (including phenoxy) is 1. The predicted octanol–water partition coefficient (Wildman–Crippen LogP) is 2.47. The molecule has 1 aromatic heterocycles. The molecule has 0 amide bonds. The lowest BCUT2D eigenvalue weighted by Crippen LogP contribution is -2.26. The van der Waals surface area contributed by atoms with Gasteiger partial charge in [0.25, 0.3) is 0 Å². The van der Waals surface area contributed by atoms with E-state index < -0.39 is 5.97 Å². The van der Waals surface area contributed by atoms with Gasteiger partial charge in [0, 0.05) is 20.2 Å².